The number of hydrogen-bond acceptors (Lipinski definition) is 9. The van der Waals surface area contributed by atoms with E-state index in [1.165, 1.54) is 51.3 Å². The Labute approximate surface area is 325 Å². The van der Waals surface area contributed by atoms with Gasteiger partial charge >= 0.3 is 5.97 Å². The number of halogens is 2. The fourth-order valence-corrected chi connectivity index (χ4v) is 9.63. The van der Waals surface area contributed by atoms with Crippen LogP contribution in [0.4, 0.5) is 9.41 Å². The van der Waals surface area contributed by atoms with Crippen molar-refractivity contribution in [3.63, 3.8) is 0 Å². The van der Waals surface area contributed by atoms with Gasteiger partial charge in [-0.3, -0.25) is 14.2 Å². The number of aryl methyl sites for hydroxylation is 1. The zero-order valence-electron chi connectivity index (χ0n) is 30.6. The van der Waals surface area contributed by atoms with Gasteiger partial charge < -0.3 is 39.8 Å². The Morgan fingerprint density at radius 3 is 2.36 bits per heavy atom. The van der Waals surface area contributed by atoms with Gasteiger partial charge in [0.2, 0.25) is 11.2 Å². The number of carboxylic acids is 1. The van der Waals surface area contributed by atoms with E-state index in [2.05, 4.69) is 57.3 Å². The predicted molar refractivity (Wildman–Crippen MR) is 216 cm³/mol. The topological polar surface area (TPSA) is 140 Å². The summed E-state index contributed by atoms with van der Waals surface area (Å²) >= 11 is 2.86. The Morgan fingerprint density at radius 1 is 0.982 bits per heavy atom. The Kier molecular flexibility index (Phi) is 14.0. The number of nitrogens with one attached hydrogen (secondary N) is 2. The number of carbonyl (C=O) groups is 1. The summed E-state index contributed by atoms with van der Waals surface area (Å²) in [6, 6.07) is 22.6. The van der Waals surface area contributed by atoms with Crippen LogP contribution in [-0.2, 0) is 28.1 Å². The molecule has 0 radical (unpaired) electrons. The SMILES string of the molecule is CN(CCCc1cn(CCNC[C@H](O)c2ccc(O)c3[nH]c(=O)ccc23)c2ccccc12)C1CCC(OC(C(=O)O)(c2cccs2)c2cccs2)CC1.F.F. The summed E-state index contributed by atoms with van der Waals surface area (Å²) in [6.45, 7) is 2.70. The number of aliphatic hydroxyl groups is 1. The van der Waals surface area contributed by atoms with Crippen LogP contribution in [0.1, 0.15) is 59.1 Å². The predicted octanol–water partition coefficient (Wildman–Crippen LogP) is 7.16. The molecule has 1 aliphatic carbocycles. The van der Waals surface area contributed by atoms with Crippen molar-refractivity contribution < 1.29 is 34.3 Å². The van der Waals surface area contributed by atoms with E-state index in [4.69, 9.17) is 4.74 Å². The summed E-state index contributed by atoms with van der Waals surface area (Å²) in [4.78, 5) is 31.1. The maximum atomic E-state index is 12.8. The van der Waals surface area contributed by atoms with Crippen LogP contribution in [0.5, 0.6) is 5.75 Å². The number of hydrogen-bond donors (Lipinski definition) is 5. The van der Waals surface area contributed by atoms with Crippen molar-refractivity contribution in [1.82, 2.24) is 19.8 Å². The molecule has 7 rings (SSSR count). The van der Waals surface area contributed by atoms with Crippen LogP contribution < -0.4 is 10.9 Å². The third-order valence-corrected chi connectivity index (χ3v) is 12.6. The van der Waals surface area contributed by atoms with Gasteiger partial charge in [0.05, 0.1) is 27.5 Å². The van der Waals surface area contributed by atoms with Gasteiger partial charge in [0.25, 0.3) is 0 Å². The molecule has 1 atom stereocenters. The van der Waals surface area contributed by atoms with Crippen LogP contribution in [0.15, 0.2) is 94.5 Å². The first-order valence-electron chi connectivity index (χ1n) is 18.2. The highest BCUT2D eigenvalue weighted by Gasteiger charge is 2.48. The molecule has 0 spiro atoms. The number of nitrogens with zero attached hydrogens (tertiary/aromatic N) is 2. The van der Waals surface area contributed by atoms with Crippen LogP contribution in [0, 0.1) is 0 Å². The second kappa shape index (κ2) is 18.5. The highest BCUT2D eigenvalue weighted by Crippen LogP contribution is 2.42. The molecule has 4 aromatic heterocycles. The molecule has 0 bridgehead atoms. The third kappa shape index (κ3) is 8.85. The van der Waals surface area contributed by atoms with E-state index in [-0.39, 0.29) is 26.8 Å². The molecule has 6 aromatic rings. The van der Waals surface area contributed by atoms with E-state index >= 15 is 0 Å². The van der Waals surface area contributed by atoms with Crippen molar-refractivity contribution in [2.45, 2.75) is 68.9 Å². The minimum absolute atomic E-state index is 0. The zero-order valence-corrected chi connectivity index (χ0v) is 32.2. The largest absolute Gasteiger partial charge is 0.506 e. The molecule has 1 fully saturated rings. The maximum absolute atomic E-state index is 12.8. The number of phenols is 1. The summed E-state index contributed by atoms with van der Waals surface area (Å²) < 4.78 is 8.87. The van der Waals surface area contributed by atoms with Crippen LogP contribution in [0.2, 0.25) is 0 Å². The molecule has 0 amide bonds. The van der Waals surface area contributed by atoms with Crippen molar-refractivity contribution in [1.29, 1.82) is 0 Å². The lowest BCUT2D eigenvalue weighted by atomic mass is 9.90. The number of fused-ring (bicyclic) bond motifs is 2. The number of aliphatic hydroxyl groups excluding tert-OH is 1. The second-order valence-corrected chi connectivity index (χ2v) is 15.8. The lowest BCUT2D eigenvalue weighted by Gasteiger charge is -2.38. The van der Waals surface area contributed by atoms with Crippen LogP contribution in [0.25, 0.3) is 21.8 Å². The van der Waals surface area contributed by atoms with Crippen LogP contribution in [-0.4, -0.2) is 74.6 Å². The number of thiophene rings is 2. The number of ether oxygens (including phenoxy) is 1. The minimum atomic E-state index is -1.46. The van der Waals surface area contributed by atoms with Crippen molar-refractivity contribution >= 4 is 50.4 Å². The number of aromatic amines is 1. The van der Waals surface area contributed by atoms with Gasteiger partial charge in [-0.15, -0.1) is 22.7 Å². The first-order chi connectivity index (χ1) is 25.7. The summed E-state index contributed by atoms with van der Waals surface area (Å²) in [6.07, 6.45) is 6.89. The molecule has 0 aliphatic heterocycles. The van der Waals surface area contributed by atoms with E-state index in [0.717, 1.165) is 51.6 Å². The van der Waals surface area contributed by atoms with E-state index in [0.29, 0.717) is 45.4 Å². The number of phenolic OH excluding ortho intramolecular Hbond substituents is 1. The highest BCUT2D eigenvalue weighted by molar-refractivity contribution is 7.12. The van der Waals surface area contributed by atoms with Gasteiger partial charge in [-0.2, -0.15) is 0 Å². The quantitative estimate of drug-likeness (QED) is 0.0651. The monoisotopic (exact) mass is 794 g/mol. The number of rotatable bonds is 16. The second-order valence-electron chi connectivity index (χ2n) is 13.9. The maximum Gasteiger partial charge on any atom is 0.347 e. The highest BCUT2D eigenvalue weighted by atomic mass is 32.1. The Hall–Kier alpha value is -4.44. The Bertz CT molecular complexity index is 2170. The summed E-state index contributed by atoms with van der Waals surface area (Å²) in [7, 11) is 2.20. The van der Waals surface area contributed by atoms with Gasteiger partial charge in [0.15, 0.2) is 0 Å². The molecule has 0 unspecified atom stereocenters. The molecular formula is C41H48F2N4O6S2. The average Bonchev–Trinajstić information content (AvgIpc) is 3.96. The molecule has 14 heteroatoms. The Balaban J connectivity index is 0.00000290. The lowest BCUT2D eigenvalue weighted by molar-refractivity contribution is -0.170. The van der Waals surface area contributed by atoms with Crippen molar-refractivity contribution in [2.75, 3.05) is 26.7 Å². The van der Waals surface area contributed by atoms with Gasteiger partial charge in [-0.05, 0) is 104 Å². The fraction of sp³-hybridized carbons (Fsp3) is 0.366. The van der Waals surface area contributed by atoms with E-state index in [1.807, 2.05) is 35.0 Å². The molecule has 5 N–H and O–H groups in total. The molecule has 1 aliphatic rings. The minimum Gasteiger partial charge on any atom is -0.506 e. The number of para-hydroxylation sites is 1. The van der Waals surface area contributed by atoms with E-state index in [9.17, 15) is 24.9 Å². The van der Waals surface area contributed by atoms with Gasteiger partial charge in [0.1, 0.15) is 5.75 Å². The average molecular weight is 795 g/mol. The molecule has 1 saturated carbocycles. The zero-order chi connectivity index (χ0) is 37.0. The third-order valence-electron chi connectivity index (χ3n) is 10.6. The molecule has 4 heterocycles. The summed E-state index contributed by atoms with van der Waals surface area (Å²) in [5.41, 5.74) is 1.71. The van der Waals surface area contributed by atoms with Crippen LogP contribution in [0.3, 0.4) is 0 Å². The normalized spacial score (nSPS) is 16.6. The first-order valence-corrected chi connectivity index (χ1v) is 20.0. The molecular weight excluding hydrogens is 747 g/mol. The first kappa shape index (κ1) is 41.7. The van der Waals surface area contributed by atoms with Crippen LogP contribution >= 0.6 is 22.7 Å². The number of aliphatic carboxylic acids is 1. The molecule has 10 nitrogen and oxygen atoms in total. The smallest absolute Gasteiger partial charge is 0.347 e. The standard InChI is InChI=1S/C41H46N4O6S2.2FH/c1-44(28-12-14-29(15-13-28)51-41(40(49)50,36-10-5-23-52-36)37-11-6-24-53-37)21-4-7-27-26-45(33-9-3-2-8-30(27)33)22-20-42-25-35(47)31-16-18-34(46)39-32(31)17-19-38(48)43-39;;/h2-3,5-6,8-11,16-19,23-24,26,28-29,35,42,46-47H,4,7,12-15,20-22,25H2,1H3,(H,43,48)(H,49,50);2*1H/t28?,29?,35-;;/m0../s1. The number of benzene rings is 2. The number of H-pyrrole nitrogens is 1. The van der Waals surface area contributed by atoms with E-state index in [1.54, 1.807) is 12.1 Å². The molecule has 294 valence electrons. The van der Waals surface area contributed by atoms with Crippen molar-refractivity contribution in [3.05, 3.63) is 121 Å². The van der Waals surface area contributed by atoms with Gasteiger partial charge in [-0.1, -0.05) is 36.4 Å². The van der Waals surface area contributed by atoms with Crippen molar-refractivity contribution in [3.8, 4) is 5.75 Å². The number of aromatic nitrogens is 2. The molecule has 2 aromatic carbocycles. The number of aromatic hydroxyl groups is 1. The fourth-order valence-electron chi connectivity index (χ4n) is 7.82. The number of carboxylic acid groups (broad SMARTS) is 1. The summed E-state index contributed by atoms with van der Waals surface area (Å²) in [5.74, 6) is -0.986. The Morgan fingerprint density at radius 2 is 1.69 bits per heavy atom. The summed E-state index contributed by atoms with van der Waals surface area (Å²) in [5, 5.41) is 40.7. The molecule has 0 saturated heterocycles. The van der Waals surface area contributed by atoms with Gasteiger partial charge in [-0.25, -0.2) is 4.79 Å². The lowest BCUT2D eigenvalue weighted by Crippen LogP contribution is -2.44. The van der Waals surface area contributed by atoms with Gasteiger partial charge in [0, 0.05) is 54.2 Å². The molecule has 55 heavy (non-hydrogen) atoms. The van der Waals surface area contributed by atoms with Crippen molar-refractivity contribution in [2.24, 2.45) is 0 Å². The van der Waals surface area contributed by atoms with E-state index < -0.39 is 17.7 Å². The number of pyridine rings is 1.